The second kappa shape index (κ2) is 6.66. The molecule has 3 heterocycles. The highest BCUT2D eigenvalue weighted by atomic mass is 32.2. The van der Waals surface area contributed by atoms with Crippen LogP contribution in [0.15, 0.2) is 18.5 Å². The minimum absolute atomic E-state index is 0.0237. The van der Waals surface area contributed by atoms with Crippen LogP contribution in [-0.4, -0.2) is 54.9 Å². The highest BCUT2D eigenvalue weighted by molar-refractivity contribution is 7.92. The van der Waals surface area contributed by atoms with Crippen LogP contribution in [0.2, 0.25) is 0 Å². The molecule has 132 valence electrons. The molecule has 1 aromatic heterocycles. The van der Waals surface area contributed by atoms with E-state index in [1.165, 1.54) is 0 Å². The number of sulfone groups is 1. The van der Waals surface area contributed by atoms with Crippen molar-refractivity contribution in [1.82, 2.24) is 15.3 Å². The van der Waals surface area contributed by atoms with Gasteiger partial charge in [0.05, 0.1) is 11.0 Å². The van der Waals surface area contributed by atoms with Crippen LogP contribution >= 0.6 is 0 Å². The lowest BCUT2D eigenvalue weighted by molar-refractivity contribution is -0.126. The maximum absolute atomic E-state index is 12.5. The SMILES string of the molecule is CC(C)CNC(=O)[C@H]1CCS(=O)(=O)[C@@H]2CN(c3ncccn3)C[C@H]12. The van der Waals surface area contributed by atoms with E-state index in [2.05, 4.69) is 15.3 Å². The molecule has 3 atom stereocenters. The maximum atomic E-state index is 12.5. The Morgan fingerprint density at radius 1 is 1.33 bits per heavy atom. The molecule has 2 fully saturated rings. The van der Waals surface area contributed by atoms with Crippen LogP contribution in [0.25, 0.3) is 0 Å². The summed E-state index contributed by atoms with van der Waals surface area (Å²) in [6, 6.07) is 1.73. The fourth-order valence-corrected chi connectivity index (χ4v) is 5.70. The van der Waals surface area contributed by atoms with E-state index < -0.39 is 15.1 Å². The number of anilines is 1. The highest BCUT2D eigenvalue weighted by Crippen LogP contribution is 2.37. The molecule has 3 rings (SSSR count). The number of aromatic nitrogens is 2. The Bertz CT molecular complexity index is 693. The van der Waals surface area contributed by atoms with Gasteiger partial charge in [0.2, 0.25) is 11.9 Å². The first kappa shape index (κ1) is 17.1. The zero-order chi connectivity index (χ0) is 17.3. The summed E-state index contributed by atoms with van der Waals surface area (Å²) in [7, 11) is -3.18. The third kappa shape index (κ3) is 3.38. The van der Waals surface area contributed by atoms with Gasteiger partial charge in [0, 0.05) is 43.9 Å². The highest BCUT2D eigenvalue weighted by Gasteiger charge is 2.50. The van der Waals surface area contributed by atoms with E-state index in [1.807, 2.05) is 18.7 Å². The van der Waals surface area contributed by atoms with Gasteiger partial charge < -0.3 is 10.2 Å². The molecule has 0 aliphatic carbocycles. The van der Waals surface area contributed by atoms with E-state index in [4.69, 9.17) is 0 Å². The van der Waals surface area contributed by atoms with E-state index >= 15 is 0 Å². The quantitative estimate of drug-likeness (QED) is 0.848. The number of carbonyl (C=O) groups is 1. The molecular formula is C16H24N4O3S. The molecular weight excluding hydrogens is 328 g/mol. The average Bonchev–Trinajstić information content (AvgIpc) is 3.00. The van der Waals surface area contributed by atoms with E-state index in [0.29, 0.717) is 37.9 Å². The van der Waals surface area contributed by atoms with E-state index in [-0.39, 0.29) is 23.5 Å². The average molecular weight is 352 g/mol. The van der Waals surface area contributed by atoms with Crippen molar-refractivity contribution in [2.75, 3.05) is 30.3 Å². The van der Waals surface area contributed by atoms with Crippen LogP contribution in [0.3, 0.4) is 0 Å². The van der Waals surface area contributed by atoms with E-state index in [9.17, 15) is 13.2 Å². The van der Waals surface area contributed by atoms with Crippen molar-refractivity contribution >= 4 is 21.7 Å². The Balaban J connectivity index is 1.79. The Labute approximate surface area is 142 Å². The fraction of sp³-hybridized carbons (Fsp3) is 0.688. The van der Waals surface area contributed by atoms with Gasteiger partial charge in [0.1, 0.15) is 0 Å². The summed E-state index contributed by atoms with van der Waals surface area (Å²) in [6.45, 7) is 5.57. The summed E-state index contributed by atoms with van der Waals surface area (Å²) >= 11 is 0. The molecule has 0 unspecified atom stereocenters. The molecule has 2 saturated heterocycles. The Morgan fingerprint density at radius 3 is 2.71 bits per heavy atom. The second-order valence-electron chi connectivity index (χ2n) is 7.06. The summed E-state index contributed by atoms with van der Waals surface area (Å²) in [5.74, 6) is 0.505. The van der Waals surface area contributed by atoms with Crippen molar-refractivity contribution < 1.29 is 13.2 Å². The Morgan fingerprint density at radius 2 is 2.04 bits per heavy atom. The second-order valence-corrected chi connectivity index (χ2v) is 9.40. The van der Waals surface area contributed by atoms with Crippen LogP contribution in [-0.2, 0) is 14.6 Å². The summed E-state index contributed by atoms with van der Waals surface area (Å²) in [6.07, 6.45) is 3.69. The minimum Gasteiger partial charge on any atom is -0.356 e. The van der Waals surface area contributed by atoms with E-state index in [1.54, 1.807) is 18.5 Å². The minimum atomic E-state index is -3.18. The smallest absolute Gasteiger partial charge is 0.225 e. The van der Waals surface area contributed by atoms with Gasteiger partial charge in [-0.25, -0.2) is 18.4 Å². The summed E-state index contributed by atoms with van der Waals surface area (Å²) in [5.41, 5.74) is 0. The molecule has 24 heavy (non-hydrogen) atoms. The lowest BCUT2D eigenvalue weighted by Gasteiger charge is -2.31. The number of rotatable bonds is 4. The van der Waals surface area contributed by atoms with Crippen LogP contribution in [0.5, 0.6) is 0 Å². The molecule has 0 saturated carbocycles. The first-order valence-electron chi connectivity index (χ1n) is 8.39. The number of hydrogen-bond donors (Lipinski definition) is 1. The predicted molar refractivity (Wildman–Crippen MR) is 91.3 cm³/mol. The van der Waals surface area contributed by atoms with Crippen LogP contribution in [0.1, 0.15) is 20.3 Å². The van der Waals surface area contributed by atoms with Gasteiger partial charge in [0.15, 0.2) is 9.84 Å². The third-order valence-electron chi connectivity index (χ3n) is 4.86. The molecule has 0 bridgehead atoms. The van der Waals surface area contributed by atoms with Gasteiger partial charge in [-0.05, 0) is 18.4 Å². The first-order valence-corrected chi connectivity index (χ1v) is 10.1. The van der Waals surface area contributed by atoms with Gasteiger partial charge in [-0.2, -0.15) is 0 Å². The van der Waals surface area contributed by atoms with Crippen molar-refractivity contribution in [2.24, 2.45) is 17.8 Å². The van der Waals surface area contributed by atoms with Gasteiger partial charge in [0.25, 0.3) is 0 Å². The maximum Gasteiger partial charge on any atom is 0.225 e. The molecule has 0 aromatic carbocycles. The number of hydrogen-bond acceptors (Lipinski definition) is 6. The normalized spacial score (nSPS) is 28.6. The van der Waals surface area contributed by atoms with Crippen molar-refractivity contribution in [3.05, 3.63) is 18.5 Å². The largest absolute Gasteiger partial charge is 0.356 e. The van der Waals surface area contributed by atoms with E-state index in [0.717, 1.165) is 0 Å². The monoisotopic (exact) mass is 352 g/mol. The van der Waals surface area contributed by atoms with Crippen molar-refractivity contribution in [3.63, 3.8) is 0 Å². The molecule has 1 amide bonds. The topological polar surface area (TPSA) is 92.3 Å². The fourth-order valence-electron chi connectivity index (χ4n) is 3.60. The number of carbonyl (C=O) groups excluding carboxylic acids is 1. The molecule has 0 radical (unpaired) electrons. The van der Waals surface area contributed by atoms with Crippen molar-refractivity contribution in [1.29, 1.82) is 0 Å². The molecule has 2 aliphatic heterocycles. The van der Waals surface area contributed by atoms with Gasteiger partial charge in [-0.1, -0.05) is 13.8 Å². The summed E-state index contributed by atoms with van der Waals surface area (Å²) in [4.78, 5) is 22.9. The summed E-state index contributed by atoms with van der Waals surface area (Å²) < 4.78 is 25.0. The predicted octanol–water partition coefficient (Wildman–Crippen LogP) is 0.488. The van der Waals surface area contributed by atoms with Crippen LogP contribution < -0.4 is 10.2 Å². The lowest BCUT2D eigenvalue weighted by atomic mass is 9.87. The number of nitrogens with zero attached hydrogens (tertiary/aromatic N) is 3. The molecule has 0 spiro atoms. The first-order chi connectivity index (χ1) is 11.4. The lowest BCUT2D eigenvalue weighted by Crippen LogP contribution is -2.47. The number of fused-ring (bicyclic) bond motifs is 1. The zero-order valence-corrected chi connectivity index (χ0v) is 14.9. The Kier molecular flexibility index (Phi) is 4.76. The molecule has 7 nitrogen and oxygen atoms in total. The van der Waals surface area contributed by atoms with Crippen LogP contribution in [0.4, 0.5) is 5.95 Å². The molecule has 1 aromatic rings. The number of nitrogens with one attached hydrogen (secondary N) is 1. The van der Waals surface area contributed by atoms with Crippen LogP contribution in [0, 0.1) is 17.8 Å². The molecule has 1 N–H and O–H groups in total. The number of amides is 1. The zero-order valence-electron chi connectivity index (χ0n) is 14.1. The van der Waals surface area contributed by atoms with Gasteiger partial charge in [-0.3, -0.25) is 4.79 Å². The Hall–Kier alpha value is -1.70. The van der Waals surface area contributed by atoms with Gasteiger partial charge in [-0.15, -0.1) is 0 Å². The standard InChI is InChI=1S/C16H24N4O3S/c1-11(2)8-19-15(21)12-4-7-24(22,23)14-10-20(9-13(12)14)16-17-5-3-6-18-16/h3,5-6,11-14H,4,7-10H2,1-2H3,(H,19,21)/t12-,13+,14+/m0/s1. The molecule has 2 aliphatic rings. The third-order valence-corrected chi connectivity index (χ3v) is 7.08. The summed E-state index contributed by atoms with van der Waals surface area (Å²) in [5, 5.41) is 2.45. The molecule has 8 heteroatoms. The van der Waals surface area contributed by atoms with Crippen molar-refractivity contribution in [2.45, 2.75) is 25.5 Å². The van der Waals surface area contributed by atoms with Crippen molar-refractivity contribution in [3.8, 4) is 0 Å². The van der Waals surface area contributed by atoms with Gasteiger partial charge >= 0.3 is 0 Å².